The first-order chi connectivity index (χ1) is 8.11. The van der Waals surface area contributed by atoms with Crippen molar-refractivity contribution in [2.75, 3.05) is 7.11 Å². The van der Waals surface area contributed by atoms with Crippen molar-refractivity contribution in [3.05, 3.63) is 41.1 Å². The van der Waals surface area contributed by atoms with Crippen LogP contribution in [0.1, 0.15) is 25.5 Å². The van der Waals surface area contributed by atoms with Crippen LogP contribution < -0.4 is 15.4 Å². The first kappa shape index (κ1) is 11.9. The third kappa shape index (κ3) is 2.42. The number of hydrogen-bond donors (Lipinski definition) is 2. The number of hydrogen-bond acceptors (Lipinski definition) is 2. The van der Waals surface area contributed by atoms with Gasteiger partial charge in [0.1, 0.15) is 5.75 Å². The second-order valence-electron chi connectivity index (χ2n) is 4.11. The fourth-order valence-electron chi connectivity index (χ4n) is 1.89. The summed E-state index contributed by atoms with van der Waals surface area (Å²) in [5, 5.41) is 7.07. The molecule has 0 aromatic heterocycles. The van der Waals surface area contributed by atoms with E-state index in [-0.39, 0.29) is 6.04 Å². The summed E-state index contributed by atoms with van der Waals surface area (Å²) in [5.74, 6) is 0.864. The van der Waals surface area contributed by atoms with Crippen LogP contribution in [0, 0.1) is 0 Å². The Kier molecular flexibility index (Phi) is 3.33. The van der Waals surface area contributed by atoms with Gasteiger partial charge in [-0.25, -0.2) is 0 Å². The van der Waals surface area contributed by atoms with E-state index >= 15 is 0 Å². The van der Waals surface area contributed by atoms with Crippen molar-refractivity contribution in [1.29, 1.82) is 0 Å². The first-order valence-electron chi connectivity index (χ1n) is 5.50. The standard InChI is InChI=1S/C13H16N2OS/c1-8-9(2)14-13(17)15-12(8)10-4-6-11(16-3)7-5-10/h4-7,12H,1-3H3,(H2,14,15,17). The zero-order valence-electron chi connectivity index (χ0n) is 10.2. The molecule has 1 heterocycles. The van der Waals surface area contributed by atoms with Gasteiger partial charge in [0.15, 0.2) is 5.11 Å². The molecule has 3 nitrogen and oxygen atoms in total. The molecule has 0 spiro atoms. The van der Waals surface area contributed by atoms with Crippen LogP contribution in [0.5, 0.6) is 5.75 Å². The van der Waals surface area contributed by atoms with Crippen LogP contribution in [0.25, 0.3) is 0 Å². The van der Waals surface area contributed by atoms with E-state index in [1.54, 1.807) is 7.11 Å². The van der Waals surface area contributed by atoms with E-state index in [1.165, 1.54) is 11.1 Å². The summed E-state index contributed by atoms with van der Waals surface area (Å²) >= 11 is 5.18. The number of methoxy groups -OCH3 is 1. The fourth-order valence-corrected chi connectivity index (χ4v) is 2.16. The number of benzene rings is 1. The predicted octanol–water partition coefficient (Wildman–Crippen LogP) is 2.51. The molecule has 90 valence electrons. The molecule has 0 fully saturated rings. The van der Waals surface area contributed by atoms with Gasteiger partial charge in [0.25, 0.3) is 0 Å². The maximum absolute atomic E-state index is 5.18. The third-order valence-electron chi connectivity index (χ3n) is 3.05. The van der Waals surface area contributed by atoms with Gasteiger partial charge in [0.2, 0.25) is 0 Å². The average molecular weight is 248 g/mol. The summed E-state index contributed by atoms with van der Waals surface area (Å²) in [6.07, 6.45) is 0. The highest BCUT2D eigenvalue weighted by atomic mass is 32.1. The number of ether oxygens (including phenoxy) is 1. The Morgan fingerprint density at radius 2 is 1.82 bits per heavy atom. The molecule has 4 heteroatoms. The van der Waals surface area contributed by atoms with Crippen LogP contribution in [0.3, 0.4) is 0 Å². The molecule has 2 N–H and O–H groups in total. The zero-order chi connectivity index (χ0) is 12.4. The minimum atomic E-state index is 0.148. The highest BCUT2D eigenvalue weighted by Gasteiger charge is 2.21. The van der Waals surface area contributed by atoms with Crippen LogP contribution in [-0.4, -0.2) is 12.2 Å². The Morgan fingerprint density at radius 3 is 2.41 bits per heavy atom. The van der Waals surface area contributed by atoms with E-state index in [0.29, 0.717) is 5.11 Å². The molecule has 0 bridgehead atoms. The van der Waals surface area contributed by atoms with Gasteiger partial charge in [-0.1, -0.05) is 12.1 Å². The quantitative estimate of drug-likeness (QED) is 0.788. The SMILES string of the molecule is COc1ccc(C2NC(=S)NC(C)=C2C)cc1. The van der Waals surface area contributed by atoms with E-state index in [1.807, 2.05) is 19.1 Å². The summed E-state index contributed by atoms with van der Waals surface area (Å²) in [4.78, 5) is 0. The lowest BCUT2D eigenvalue weighted by atomic mass is 9.97. The molecule has 0 saturated carbocycles. The van der Waals surface area contributed by atoms with Gasteiger partial charge in [-0.05, 0) is 49.3 Å². The van der Waals surface area contributed by atoms with Crippen molar-refractivity contribution in [1.82, 2.24) is 10.6 Å². The Labute approximate surface area is 107 Å². The molecule has 1 atom stereocenters. The van der Waals surface area contributed by atoms with Crippen LogP contribution in [-0.2, 0) is 0 Å². The number of nitrogens with one attached hydrogen (secondary N) is 2. The summed E-state index contributed by atoms with van der Waals surface area (Å²) in [6, 6.07) is 8.19. The highest BCUT2D eigenvalue weighted by molar-refractivity contribution is 7.80. The predicted molar refractivity (Wildman–Crippen MR) is 73.0 cm³/mol. The first-order valence-corrected chi connectivity index (χ1v) is 5.91. The molecule has 1 aromatic rings. The van der Waals surface area contributed by atoms with Crippen LogP contribution in [0.15, 0.2) is 35.5 Å². The van der Waals surface area contributed by atoms with Crippen molar-refractivity contribution in [2.24, 2.45) is 0 Å². The van der Waals surface area contributed by atoms with Gasteiger partial charge in [0.05, 0.1) is 13.2 Å². The molecule has 0 amide bonds. The van der Waals surface area contributed by atoms with E-state index in [9.17, 15) is 0 Å². The summed E-state index contributed by atoms with van der Waals surface area (Å²) in [5.41, 5.74) is 3.56. The van der Waals surface area contributed by atoms with Crippen molar-refractivity contribution >= 4 is 17.3 Å². The van der Waals surface area contributed by atoms with Gasteiger partial charge < -0.3 is 15.4 Å². The Bertz CT molecular complexity index is 465. The second kappa shape index (κ2) is 4.75. The monoisotopic (exact) mass is 248 g/mol. The molecule has 0 aliphatic carbocycles. The second-order valence-corrected chi connectivity index (χ2v) is 4.52. The van der Waals surface area contributed by atoms with Crippen molar-refractivity contribution in [2.45, 2.75) is 19.9 Å². The van der Waals surface area contributed by atoms with Gasteiger partial charge in [0, 0.05) is 5.70 Å². The van der Waals surface area contributed by atoms with Crippen LogP contribution >= 0.6 is 12.2 Å². The molecule has 0 saturated heterocycles. The largest absolute Gasteiger partial charge is 0.497 e. The lowest BCUT2D eigenvalue weighted by molar-refractivity contribution is 0.414. The molecular formula is C13H16N2OS. The summed E-state index contributed by atoms with van der Waals surface area (Å²) < 4.78 is 5.16. The molecule has 1 aliphatic rings. The molecule has 1 unspecified atom stereocenters. The Balaban J connectivity index is 2.32. The average Bonchev–Trinajstić information content (AvgIpc) is 2.34. The minimum absolute atomic E-state index is 0.148. The third-order valence-corrected chi connectivity index (χ3v) is 3.27. The van der Waals surface area contributed by atoms with E-state index < -0.39 is 0 Å². The molecule has 1 aliphatic heterocycles. The fraction of sp³-hybridized carbons (Fsp3) is 0.308. The molecule has 17 heavy (non-hydrogen) atoms. The van der Waals surface area contributed by atoms with Gasteiger partial charge in [-0.15, -0.1) is 0 Å². The van der Waals surface area contributed by atoms with E-state index in [2.05, 4.69) is 29.7 Å². The van der Waals surface area contributed by atoms with Crippen LogP contribution in [0.4, 0.5) is 0 Å². The molecule has 0 radical (unpaired) electrons. The summed E-state index contributed by atoms with van der Waals surface area (Å²) in [7, 11) is 1.67. The smallest absolute Gasteiger partial charge is 0.171 e. The van der Waals surface area contributed by atoms with Crippen molar-refractivity contribution in [3.8, 4) is 5.75 Å². The van der Waals surface area contributed by atoms with Gasteiger partial charge in [-0.2, -0.15) is 0 Å². The van der Waals surface area contributed by atoms with E-state index in [0.717, 1.165) is 11.4 Å². The maximum Gasteiger partial charge on any atom is 0.171 e. The van der Waals surface area contributed by atoms with E-state index in [4.69, 9.17) is 17.0 Å². The molecule has 2 rings (SSSR count). The molecule has 1 aromatic carbocycles. The normalized spacial score (nSPS) is 19.7. The lowest BCUT2D eigenvalue weighted by Gasteiger charge is -2.29. The van der Waals surface area contributed by atoms with Gasteiger partial charge in [-0.3, -0.25) is 0 Å². The Hall–Kier alpha value is -1.55. The maximum atomic E-state index is 5.18. The minimum Gasteiger partial charge on any atom is -0.497 e. The number of allylic oxidation sites excluding steroid dienone is 1. The molecular weight excluding hydrogens is 232 g/mol. The van der Waals surface area contributed by atoms with Crippen molar-refractivity contribution in [3.63, 3.8) is 0 Å². The van der Waals surface area contributed by atoms with Crippen molar-refractivity contribution < 1.29 is 4.74 Å². The Morgan fingerprint density at radius 1 is 1.18 bits per heavy atom. The number of thiocarbonyl (C=S) groups is 1. The van der Waals surface area contributed by atoms with Crippen LogP contribution in [0.2, 0.25) is 0 Å². The topological polar surface area (TPSA) is 33.3 Å². The summed E-state index contributed by atoms with van der Waals surface area (Å²) in [6.45, 7) is 4.14. The zero-order valence-corrected chi connectivity index (χ0v) is 11.0. The van der Waals surface area contributed by atoms with Gasteiger partial charge >= 0.3 is 0 Å². The highest BCUT2D eigenvalue weighted by Crippen LogP contribution is 2.27. The lowest BCUT2D eigenvalue weighted by Crippen LogP contribution is -2.42. The number of rotatable bonds is 2.